The molecule has 1 rings (SSSR count). The van der Waals surface area contributed by atoms with Gasteiger partial charge in [-0.25, -0.2) is 13.8 Å². The number of rotatable bonds is 6. The maximum Gasteiger partial charge on any atom is 0.271 e. The summed E-state index contributed by atoms with van der Waals surface area (Å²) in [6.07, 6.45) is -1.29. The first-order valence-electron chi connectivity index (χ1n) is 4.44. The van der Waals surface area contributed by atoms with Crippen LogP contribution in [-0.2, 0) is 4.74 Å². The number of halogens is 3. The number of nitrogens with zero attached hydrogens (tertiary/aromatic N) is 1. The van der Waals surface area contributed by atoms with E-state index >= 15 is 0 Å². The third-order valence-corrected chi connectivity index (χ3v) is 1.93. The molecule has 0 fully saturated rings. The monoisotopic (exact) mass is 253 g/mol. The molecule has 0 aromatic carbocycles. The van der Waals surface area contributed by atoms with Gasteiger partial charge in [-0.15, -0.1) is 0 Å². The molecule has 0 spiro atoms. The third kappa shape index (κ3) is 4.11. The number of aromatic nitrogens is 2. The Hall–Kier alpha value is -1.21. The number of aromatic amines is 1. The van der Waals surface area contributed by atoms with Gasteiger partial charge in [0.1, 0.15) is 11.6 Å². The van der Waals surface area contributed by atoms with Crippen LogP contribution in [0.2, 0.25) is 5.02 Å². The molecule has 0 aliphatic heterocycles. The van der Waals surface area contributed by atoms with E-state index in [1.165, 1.54) is 6.33 Å². The summed E-state index contributed by atoms with van der Waals surface area (Å²) in [6, 6.07) is 0. The molecule has 1 heterocycles. The van der Waals surface area contributed by atoms with Crippen molar-refractivity contribution in [2.75, 3.05) is 25.1 Å². The molecule has 0 bridgehead atoms. The molecule has 90 valence electrons. The van der Waals surface area contributed by atoms with Gasteiger partial charge in [0.15, 0.2) is 5.82 Å². The molecular formula is C8H10ClF2N3O2. The first kappa shape index (κ1) is 12.9. The van der Waals surface area contributed by atoms with Gasteiger partial charge in [-0.05, 0) is 0 Å². The lowest BCUT2D eigenvalue weighted by Crippen LogP contribution is -2.16. The van der Waals surface area contributed by atoms with Crippen molar-refractivity contribution >= 4 is 17.4 Å². The molecule has 0 amide bonds. The summed E-state index contributed by atoms with van der Waals surface area (Å²) < 4.78 is 28.0. The standard InChI is InChI=1S/C8H10ClF2N3O2/c9-6-7(13-4-14-8(6)15)12-1-2-16-3-5(10)11/h4-5H,1-3H2,(H2,12,13,14,15). The van der Waals surface area contributed by atoms with Crippen LogP contribution in [0.15, 0.2) is 11.1 Å². The second-order valence-corrected chi connectivity index (χ2v) is 3.16. The van der Waals surface area contributed by atoms with Gasteiger partial charge < -0.3 is 15.0 Å². The fourth-order valence-electron chi connectivity index (χ4n) is 0.920. The molecule has 0 saturated heterocycles. The zero-order chi connectivity index (χ0) is 12.0. The molecule has 1 aromatic rings. The van der Waals surface area contributed by atoms with E-state index in [9.17, 15) is 13.6 Å². The fraction of sp³-hybridized carbons (Fsp3) is 0.500. The largest absolute Gasteiger partial charge is 0.374 e. The second kappa shape index (κ2) is 6.39. The molecular weight excluding hydrogens is 244 g/mol. The van der Waals surface area contributed by atoms with E-state index in [0.717, 1.165) is 0 Å². The number of anilines is 1. The van der Waals surface area contributed by atoms with E-state index in [4.69, 9.17) is 11.6 Å². The molecule has 0 aliphatic carbocycles. The Morgan fingerprint density at radius 3 is 3.06 bits per heavy atom. The number of nitrogens with one attached hydrogen (secondary N) is 2. The topological polar surface area (TPSA) is 67.0 Å². The highest BCUT2D eigenvalue weighted by atomic mass is 35.5. The van der Waals surface area contributed by atoms with Crippen molar-refractivity contribution in [2.45, 2.75) is 6.43 Å². The fourth-order valence-corrected chi connectivity index (χ4v) is 1.09. The molecule has 0 atom stereocenters. The molecule has 8 heteroatoms. The number of hydrogen-bond donors (Lipinski definition) is 2. The lowest BCUT2D eigenvalue weighted by atomic mass is 10.5. The van der Waals surface area contributed by atoms with Crippen molar-refractivity contribution in [3.8, 4) is 0 Å². The van der Waals surface area contributed by atoms with Crippen LogP contribution < -0.4 is 10.9 Å². The lowest BCUT2D eigenvalue weighted by molar-refractivity contribution is 0.0215. The molecule has 5 nitrogen and oxygen atoms in total. The van der Waals surface area contributed by atoms with E-state index < -0.39 is 18.6 Å². The summed E-state index contributed by atoms with van der Waals surface area (Å²) in [5.74, 6) is 0.200. The van der Waals surface area contributed by atoms with Crippen LogP contribution in [-0.4, -0.2) is 36.2 Å². The van der Waals surface area contributed by atoms with Crippen LogP contribution >= 0.6 is 11.6 Å². The van der Waals surface area contributed by atoms with Crippen molar-refractivity contribution in [2.24, 2.45) is 0 Å². The Morgan fingerprint density at radius 2 is 2.38 bits per heavy atom. The Morgan fingerprint density at radius 1 is 1.62 bits per heavy atom. The van der Waals surface area contributed by atoms with Gasteiger partial charge in [-0.3, -0.25) is 4.79 Å². The maximum absolute atomic E-state index is 11.7. The third-order valence-electron chi connectivity index (χ3n) is 1.58. The molecule has 0 unspecified atom stereocenters. The van der Waals surface area contributed by atoms with E-state index in [1.807, 2.05) is 0 Å². The van der Waals surface area contributed by atoms with Gasteiger partial charge in [0.2, 0.25) is 0 Å². The van der Waals surface area contributed by atoms with Crippen LogP contribution in [0.1, 0.15) is 0 Å². The number of H-pyrrole nitrogens is 1. The van der Waals surface area contributed by atoms with E-state index in [-0.39, 0.29) is 24.0 Å². The number of ether oxygens (including phenoxy) is 1. The smallest absolute Gasteiger partial charge is 0.271 e. The Balaban J connectivity index is 2.32. The molecule has 1 aromatic heterocycles. The average molecular weight is 254 g/mol. The highest BCUT2D eigenvalue weighted by molar-refractivity contribution is 6.32. The first-order valence-corrected chi connectivity index (χ1v) is 4.82. The zero-order valence-corrected chi connectivity index (χ0v) is 8.93. The molecule has 2 N–H and O–H groups in total. The minimum Gasteiger partial charge on any atom is -0.374 e. The van der Waals surface area contributed by atoms with Crippen LogP contribution in [0.25, 0.3) is 0 Å². The van der Waals surface area contributed by atoms with Gasteiger partial charge in [0.05, 0.1) is 12.9 Å². The summed E-state index contributed by atoms with van der Waals surface area (Å²) in [4.78, 5) is 17.1. The van der Waals surface area contributed by atoms with E-state index in [1.54, 1.807) is 0 Å². The normalized spacial score (nSPS) is 10.8. The van der Waals surface area contributed by atoms with Crippen molar-refractivity contribution in [1.29, 1.82) is 0 Å². The van der Waals surface area contributed by atoms with Crippen molar-refractivity contribution in [1.82, 2.24) is 9.97 Å². The van der Waals surface area contributed by atoms with Crippen LogP contribution in [0, 0.1) is 0 Å². The Labute approximate surface area is 94.8 Å². The van der Waals surface area contributed by atoms with Gasteiger partial charge in [-0.1, -0.05) is 11.6 Å². The maximum atomic E-state index is 11.7. The summed E-state index contributed by atoms with van der Waals surface area (Å²) in [5, 5.41) is 2.62. The quantitative estimate of drug-likeness (QED) is 0.746. The zero-order valence-electron chi connectivity index (χ0n) is 8.17. The van der Waals surface area contributed by atoms with Crippen LogP contribution in [0.5, 0.6) is 0 Å². The van der Waals surface area contributed by atoms with Gasteiger partial charge >= 0.3 is 0 Å². The lowest BCUT2D eigenvalue weighted by Gasteiger charge is -2.06. The second-order valence-electron chi connectivity index (χ2n) is 2.79. The Kier molecular flexibility index (Phi) is 5.13. The minimum atomic E-state index is -2.48. The minimum absolute atomic E-state index is 0.0728. The van der Waals surface area contributed by atoms with Gasteiger partial charge in [0.25, 0.3) is 12.0 Å². The first-order chi connectivity index (χ1) is 7.61. The van der Waals surface area contributed by atoms with Gasteiger partial charge in [-0.2, -0.15) is 0 Å². The molecule has 0 saturated carbocycles. The van der Waals surface area contributed by atoms with Crippen LogP contribution in [0.4, 0.5) is 14.6 Å². The summed E-state index contributed by atoms with van der Waals surface area (Å²) in [6.45, 7) is -0.295. The van der Waals surface area contributed by atoms with Crippen LogP contribution in [0.3, 0.4) is 0 Å². The highest BCUT2D eigenvalue weighted by Crippen LogP contribution is 2.11. The summed E-state index contributed by atoms with van der Waals surface area (Å²) in [7, 11) is 0. The average Bonchev–Trinajstić information content (AvgIpc) is 2.23. The summed E-state index contributed by atoms with van der Waals surface area (Å²) in [5.41, 5.74) is -0.465. The molecule has 0 aliphatic rings. The van der Waals surface area contributed by atoms with E-state index in [2.05, 4.69) is 20.0 Å². The Bertz CT molecular complexity index is 386. The predicted molar refractivity (Wildman–Crippen MR) is 55.2 cm³/mol. The van der Waals surface area contributed by atoms with E-state index in [0.29, 0.717) is 0 Å². The molecule has 0 radical (unpaired) electrons. The number of hydrogen-bond acceptors (Lipinski definition) is 4. The number of alkyl halides is 2. The highest BCUT2D eigenvalue weighted by Gasteiger charge is 2.05. The molecule has 16 heavy (non-hydrogen) atoms. The summed E-state index contributed by atoms with van der Waals surface area (Å²) >= 11 is 5.63. The SMILES string of the molecule is O=c1[nH]cnc(NCCOCC(F)F)c1Cl. The van der Waals surface area contributed by atoms with Crippen molar-refractivity contribution < 1.29 is 13.5 Å². The van der Waals surface area contributed by atoms with Gasteiger partial charge in [0, 0.05) is 6.54 Å². The predicted octanol–water partition coefficient (Wildman–Crippen LogP) is 1.12. The van der Waals surface area contributed by atoms with Crippen molar-refractivity contribution in [3.63, 3.8) is 0 Å². The van der Waals surface area contributed by atoms with Crippen molar-refractivity contribution in [3.05, 3.63) is 21.7 Å².